The van der Waals surface area contributed by atoms with Crippen molar-refractivity contribution in [1.29, 1.82) is 0 Å². The molecule has 0 bridgehead atoms. The van der Waals surface area contributed by atoms with E-state index in [-0.39, 0.29) is 17.2 Å². The number of hydrogen-bond donors (Lipinski definition) is 1. The first-order valence-electron chi connectivity index (χ1n) is 10.0. The van der Waals surface area contributed by atoms with Gasteiger partial charge in [-0.3, -0.25) is 29.4 Å². The Hall–Kier alpha value is -4.08. The van der Waals surface area contributed by atoms with Crippen molar-refractivity contribution in [3.63, 3.8) is 0 Å². The van der Waals surface area contributed by atoms with E-state index in [4.69, 9.17) is 4.74 Å². The van der Waals surface area contributed by atoms with E-state index in [1.807, 2.05) is 0 Å². The number of benzene rings is 2. The molecule has 3 amide bonds. The molecule has 164 valence electrons. The monoisotopic (exact) mass is 437 g/mol. The van der Waals surface area contributed by atoms with Crippen LogP contribution >= 0.6 is 0 Å². The number of nitrogens with zero attached hydrogens (tertiary/aromatic N) is 2. The van der Waals surface area contributed by atoms with E-state index in [2.05, 4.69) is 5.32 Å². The van der Waals surface area contributed by atoms with E-state index >= 15 is 0 Å². The third-order valence-corrected chi connectivity index (χ3v) is 5.35. The zero-order valence-corrected chi connectivity index (χ0v) is 17.0. The maximum absolute atomic E-state index is 12.9. The molecule has 0 radical (unpaired) electrons. The van der Waals surface area contributed by atoms with Gasteiger partial charge < -0.3 is 10.1 Å². The highest BCUT2D eigenvalue weighted by atomic mass is 16.6. The molecule has 1 fully saturated rings. The first kappa shape index (κ1) is 21.2. The molecule has 0 aromatic heterocycles. The number of hydrogen-bond acceptors (Lipinski definition) is 7. The van der Waals surface area contributed by atoms with Gasteiger partial charge in [0.05, 0.1) is 10.5 Å². The molecule has 1 aliphatic heterocycles. The number of nitrogens with one attached hydrogen (secondary N) is 1. The zero-order valence-electron chi connectivity index (χ0n) is 17.0. The largest absolute Gasteiger partial charge is 0.446 e. The van der Waals surface area contributed by atoms with Crippen molar-refractivity contribution in [2.45, 2.75) is 38.0 Å². The number of imide groups is 1. The second-order valence-electron chi connectivity index (χ2n) is 7.62. The fourth-order valence-electron chi connectivity index (χ4n) is 3.51. The molecule has 32 heavy (non-hydrogen) atoms. The number of amides is 3. The number of carbonyl (C=O) groups excluding carboxylic acids is 4. The van der Waals surface area contributed by atoms with Gasteiger partial charge in [0.25, 0.3) is 23.4 Å². The van der Waals surface area contributed by atoms with Gasteiger partial charge in [-0.1, -0.05) is 36.4 Å². The second-order valence-corrected chi connectivity index (χ2v) is 7.62. The van der Waals surface area contributed by atoms with Gasteiger partial charge >= 0.3 is 5.97 Å². The van der Waals surface area contributed by atoms with Crippen LogP contribution in [0.25, 0.3) is 0 Å². The second kappa shape index (κ2) is 8.22. The van der Waals surface area contributed by atoms with E-state index in [9.17, 15) is 29.3 Å². The average molecular weight is 437 g/mol. The van der Waals surface area contributed by atoms with Gasteiger partial charge in [0.2, 0.25) is 6.10 Å². The Morgan fingerprint density at radius 1 is 1.09 bits per heavy atom. The van der Waals surface area contributed by atoms with Crippen molar-refractivity contribution >= 4 is 29.4 Å². The molecule has 1 saturated carbocycles. The van der Waals surface area contributed by atoms with Gasteiger partial charge in [0.1, 0.15) is 11.6 Å². The summed E-state index contributed by atoms with van der Waals surface area (Å²) in [5.74, 6) is -3.28. The quantitative estimate of drug-likeness (QED) is 0.303. The third-order valence-electron chi connectivity index (χ3n) is 5.35. The van der Waals surface area contributed by atoms with E-state index < -0.39 is 46.4 Å². The van der Waals surface area contributed by atoms with E-state index in [1.165, 1.54) is 19.1 Å². The summed E-state index contributed by atoms with van der Waals surface area (Å²) in [5.41, 5.74) is -0.609. The Morgan fingerprint density at radius 2 is 1.78 bits per heavy atom. The number of esters is 1. The van der Waals surface area contributed by atoms with Crippen molar-refractivity contribution in [1.82, 2.24) is 10.2 Å². The van der Waals surface area contributed by atoms with Crippen LogP contribution in [0.2, 0.25) is 0 Å². The summed E-state index contributed by atoms with van der Waals surface area (Å²) in [6, 6.07) is 10.7. The summed E-state index contributed by atoms with van der Waals surface area (Å²) < 4.78 is 5.44. The van der Waals surface area contributed by atoms with Crippen molar-refractivity contribution in [3.8, 4) is 0 Å². The molecule has 1 heterocycles. The van der Waals surface area contributed by atoms with Crippen LogP contribution in [-0.2, 0) is 14.3 Å². The van der Waals surface area contributed by atoms with Crippen LogP contribution < -0.4 is 5.32 Å². The average Bonchev–Trinajstić information content (AvgIpc) is 3.56. The molecule has 0 unspecified atom stereocenters. The molecule has 0 spiro atoms. The Morgan fingerprint density at radius 3 is 2.41 bits per heavy atom. The maximum atomic E-state index is 12.9. The zero-order chi connectivity index (χ0) is 23.0. The highest BCUT2D eigenvalue weighted by Crippen LogP contribution is 2.32. The normalized spacial score (nSPS) is 16.8. The van der Waals surface area contributed by atoms with Crippen molar-refractivity contribution in [3.05, 3.63) is 75.3 Å². The topological polar surface area (TPSA) is 136 Å². The lowest BCUT2D eigenvalue weighted by molar-refractivity contribution is -0.385. The van der Waals surface area contributed by atoms with Crippen LogP contribution in [0.4, 0.5) is 5.69 Å². The van der Waals surface area contributed by atoms with Crippen molar-refractivity contribution < 1.29 is 28.8 Å². The minimum atomic E-state index is -1.40. The molecule has 10 heteroatoms. The Bertz CT molecular complexity index is 1130. The number of nitro benzene ring substituents is 1. The van der Waals surface area contributed by atoms with Gasteiger partial charge in [0, 0.05) is 17.7 Å². The summed E-state index contributed by atoms with van der Waals surface area (Å²) in [5, 5.41) is 14.1. The summed E-state index contributed by atoms with van der Waals surface area (Å²) in [6.45, 7) is 1.27. The van der Waals surface area contributed by atoms with Gasteiger partial charge in [-0.25, -0.2) is 4.79 Å². The predicted octanol–water partition coefficient (Wildman–Crippen LogP) is 2.14. The molecule has 1 aliphatic carbocycles. The van der Waals surface area contributed by atoms with Crippen LogP contribution in [0.1, 0.15) is 52.1 Å². The third kappa shape index (κ3) is 3.82. The lowest BCUT2D eigenvalue weighted by Crippen LogP contribution is -2.45. The molecule has 10 nitrogen and oxygen atoms in total. The first-order chi connectivity index (χ1) is 15.3. The molecule has 1 N–H and O–H groups in total. The fourth-order valence-corrected chi connectivity index (χ4v) is 3.51. The Labute approximate surface area is 182 Å². The minimum absolute atomic E-state index is 0.0293. The van der Waals surface area contributed by atoms with Crippen molar-refractivity contribution in [2.24, 2.45) is 0 Å². The summed E-state index contributed by atoms with van der Waals surface area (Å²) >= 11 is 0. The van der Waals surface area contributed by atoms with Gasteiger partial charge in [-0.15, -0.1) is 0 Å². The van der Waals surface area contributed by atoms with Gasteiger partial charge in [-0.05, 0) is 25.8 Å². The highest BCUT2D eigenvalue weighted by molar-refractivity contribution is 6.24. The predicted molar refractivity (Wildman–Crippen MR) is 109 cm³/mol. The first-order valence-corrected chi connectivity index (χ1v) is 10.0. The molecule has 4 rings (SSSR count). The van der Waals surface area contributed by atoms with E-state index in [0.29, 0.717) is 10.5 Å². The Kier molecular flexibility index (Phi) is 5.43. The number of rotatable bonds is 7. The van der Waals surface area contributed by atoms with Crippen LogP contribution in [0, 0.1) is 10.1 Å². The summed E-state index contributed by atoms with van der Waals surface area (Å²) in [6.07, 6.45) is 0.410. The SMILES string of the molecule is C[C@H](C(=O)O[C@@H](C(=O)NC1CC1)c1ccccc1)N1C(=O)c2cccc([N+](=O)[O-])c2C1=O. The standard InChI is InChI=1S/C22H19N3O7/c1-12(24-20(27)15-8-5-9-16(25(30)31)17(15)21(24)28)22(29)32-18(13-6-3-2-4-7-13)19(26)23-14-10-11-14/h2-9,12,14,18H,10-11H2,1H3,(H,23,26)/t12-,18-/m1/s1. The lowest BCUT2D eigenvalue weighted by atomic mass is 10.1. The summed E-state index contributed by atoms with van der Waals surface area (Å²) in [7, 11) is 0. The smallest absolute Gasteiger partial charge is 0.330 e. The number of nitro groups is 1. The van der Waals surface area contributed by atoms with Gasteiger partial charge in [0.15, 0.2) is 0 Å². The number of carbonyl (C=O) groups is 4. The van der Waals surface area contributed by atoms with Crippen LogP contribution in [0.15, 0.2) is 48.5 Å². The van der Waals surface area contributed by atoms with Crippen molar-refractivity contribution in [2.75, 3.05) is 0 Å². The maximum Gasteiger partial charge on any atom is 0.330 e. The fraction of sp³-hybridized carbons (Fsp3) is 0.273. The van der Waals surface area contributed by atoms with E-state index in [0.717, 1.165) is 18.9 Å². The molecule has 2 aromatic carbocycles. The molecular formula is C22H19N3O7. The molecular weight excluding hydrogens is 418 g/mol. The Balaban J connectivity index is 1.57. The number of fused-ring (bicyclic) bond motifs is 1. The molecule has 2 aromatic rings. The van der Waals surface area contributed by atoms with Crippen LogP contribution in [0.3, 0.4) is 0 Å². The van der Waals surface area contributed by atoms with Gasteiger partial charge in [-0.2, -0.15) is 0 Å². The molecule has 0 saturated heterocycles. The number of ether oxygens (including phenoxy) is 1. The van der Waals surface area contributed by atoms with Crippen LogP contribution in [-0.4, -0.2) is 45.6 Å². The molecule has 2 atom stereocenters. The van der Waals surface area contributed by atoms with E-state index in [1.54, 1.807) is 30.3 Å². The summed E-state index contributed by atoms with van der Waals surface area (Å²) in [4.78, 5) is 62.3. The highest BCUT2D eigenvalue weighted by Gasteiger charge is 2.46. The molecule has 2 aliphatic rings. The minimum Gasteiger partial charge on any atom is -0.446 e. The lowest BCUT2D eigenvalue weighted by Gasteiger charge is -2.24. The van der Waals surface area contributed by atoms with Crippen LogP contribution in [0.5, 0.6) is 0 Å².